The van der Waals surface area contributed by atoms with E-state index in [4.69, 9.17) is 10.8 Å². The summed E-state index contributed by atoms with van der Waals surface area (Å²) in [6, 6.07) is 6.14. The van der Waals surface area contributed by atoms with Gasteiger partial charge in [0.05, 0.1) is 0 Å². The Morgan fingerprint density at radius 3 is 2.60 bits per heavy atom. The number of carbonyl (C=O) groups excluding carboxylic acids is 1. The normalized spacial score (nSPS) is 12.1. The minimum atomic E-state index is -0.143. The first-order valence-electron chi connectivity index (χ1n) is 4.90. The molecule has 15 heavy (non-hydrogen) atoms. The molecule has 0 radical (unpaired) electrons. The molecule has 0 saturated carbocycles. The van der Waals surface area contributed by atoms with Crippen LogP contribution in [0.5, 0.6) is 5.75 Å². The van der Waals surface area contributed by atoms with Gasteiger partial charge in [0.15, 0.2) is 0 Å². The minimum absolute atomic E-state index is 0.143. The zero-order valence-corrected chi connectivity index (χ0v) is 8.73. The molecule has 1 unspecified atom stereocenters. The number of benzene rings is 1. The Labute approximate surface area is 89.1 Å². The van der Waals surface area contributed by atoms with Crippen LogP contribution >= 0.6 is 0 Å². The van der Waals surface area contributed by atoms with Crippen molar-refractivity contribution in [3.63, 3.8) is 0 Å². The fraction of sp³-hybridized carbons (Fsp3) is 0.364. The van der Waals surface area contributed by atoms with Crippen LogP contribution in [-0.2, 0) is 0 Å². The lowest BCUT2D eigenvalue weighted by Gasteiger charge is -2.09. The summed E-state index contributed by atoms with van der Waals surface area (Å²) in [6.07, 6.45) is 0. The van der Waals surface area contributed by atoms with E-state index in [1.165, 1.54) is 12.1 Å². The molecule has 0 aliphatic rings. The number of phenolic OH excluding ortho intramolecular Hbond substituents is 1. The van der Waals surface area contributed by atoms with E-state index >= 15 is 0 Å². The maximum atomic E-state index is 11.5. The Balaban J connectivity index is 2.50. The smallest absolute Gasteiger partial charge is 0.251 e. The molecule has 0 aliphatic carbocycles. The molecule has 1 aromatic rings. The molecule has 82 valence electrons. The number of nitrogens with two attached hydrogens (primary N) is 1. The van der Waals surface area contributed by atoms with E-state index in [0.29, 0.717) is 18.7 Å². The van der Waals surface area contributed by atoms with Gasteiger partial charge in [-0.2, -0.15) is 0 Å². The molecule has 1 rings (SSSR count). The monoisotopic (exact) mass is 208 g/mol. The molecule has 4 N–H and O–H groups in total. The van der Waals surface area contributed by atoms with Gasteiger partial charge < -0.3 is 16.2 Å². The van der Waals surface area contributed by atoms with E-state index in [2.05, 4.69) is 5.32 Å². The molecule has 0 aromatic heterocycles. The van der Waals surface area contributed by atoms with Gasteiger partial charge in [-0.25, -0.2) is 0 Å². The third-order valence-corrected chi connectivity index (χ3v) is 2.14. The van der Waals surface area contributed by atoms with Gasteiger partial charge >= 0.3 is 0 Å². The summed E-state index contributed by atoms with van der Waals surface area (Å²) in [5.41, 5.74) is 5.97. The van der Waals surface area contributed by atoms with Crippen molar-refractivity contribution < 1.29 is 9.90 Å². The highest BCUT2D eigenvalue weighted by Gasteiger charge is 2.06. The zero-order chi connectivity index (χ0) is 11.3. The molecule has 4 nitrogen and oxygen atoms in total. The number of amides is 1. The minimum Gasteiger partial charge on any atom is -0.508 e. The van der Waals surface area contributed by atoms with Crippen molar-refractivity contribution >= 4 is 5.91 Å². The molecular weight excluding hydrogens is 192 g/mol. The van der Waals surface area contributed by atoms with Crippen LogP contribution in [-0.4, -0.2) is 24.1 Å². The fourth-order valence-corrected chi connectivity index (χ4v) is 1.07. The average Bonchev–Trinajstić information content (AvgIpc) is 2.26. The molecule has 0 aliphatic heterocycles. The average molecular weight is 208 g/mol. The van der Waals surface area contributed by atoms with Crippen LogP contribution in [0.1, 0.15) is 17.3 Å². The highest BCUT2D eigenvalue weighted by Crippen LogP contribution is 2.09. The van der Waals surface area contributed by atoms with Crippen LogP contribution in [0.2, 0.25) is 0 Å². The lowest BCUT2D eigenvalue weighted by Crippen LogP contribution is -2.31. The molecule has 1 aromatic carbocycles. The maximum absolute atomic E-state index is 11.5. The van der Waals surface area contributed by atoms with Crippen molar-refractivity contribution in [3.05, 3.63) is 29.8 Å². The number of hydrogen-bond acceptors (Lipinski definition) is 3. The van der Waals surface area contributed by atoms with Crippen molar-refractivity contribution in [2.75, 3.05) is 13.1 Å². The number of nitrogens with one attached hydrogen (secondary N) is 1. The van der Waals surface area contributed by atoms with Crippen molar-refractivity contribution in [2.24, 2.45) is 11.7 Å². The van der Waals surface area contributed by atoms with Gasteiger partial charge in [0.1, 0.15) is 5.75 Å². The Hall–Kier alpha value is -1.55. The maximum Gasteiger partial charge on any atom is 0.251 e. The van der Waals surface area contributed by atoms with E-state index < -0.39 is 0 Å². The molecule has 0 spiro atoms. The van der Waals surface area contributed by atoms with E-state index in [-0.39, 0.29) is 17.6 Å². The molecule has 0 saturated heterocycles. The van der Waals surface area contributed by atoms with Crippen LogP contribution in [0.4, 0.5) is 0 Å². The second-order valence-corrected chi connectivity index (χ2v) is 3.60. The first kappa shape index (κ1) is 11.5. The van der Waals surface area contributed by atoms with Gasteiger partial charge in [-0.3, -0.25) is 4.79 Å². The third kappa shape index (κ3) is 3.59. The summed E-state index contributed by atoms with van der Waals surface area (Å²) in [7, 11) is 0. The molecule has 0 heterocycles. The van der Waals surface area contributed by atoms with E-state index in [9.17, 15) is 4.79 Å². The third-order valence-electron chi connectivity index (χ3n) is 2.14. The van der Waals surface area contributed by atoms with E-state index in [1.807, 2.05) is 6.92 Å². The standard InChI is InChI=1S/C11H16N2O2/c1-8(6-12)7-13-11(15)9-2-4-10(14)5-3-9/h2-5,8,14H,6-7,12H2,1H3,(H,13,15). The van der Waals surface area contributed by atoms with Crippen molar-refractivity contribution in [1.82, 2.24) is 5.32 Å². The van der Waals surface area contributed by atoms with Crippen LogP contribution in [0.25, 0.3) is 0 Å². The highest BCUT2D eigenvalue weighted by atomic mass is 16.3. The van der Waals surface area contributed by atoms with Crippen LogP contribution in [0, 0.1) is 5.92 Å². The summed E-state index contributed by atoms with van der Waals surface area (Å²) in [4.78, 5) is 11.5. The van der Waals surface area contributed by atoms with Gasteiger partial charge in [0.25, 0.3) is 5.91 Å². The fourth-order valence-electron chi connectivity index (χ4n) is 1.07. The quantitative estimate of drug-likeness (QED) is 0.682. The summed E-state index contributed by atoms with van der Waals surface area (Å²) < 4.78 is 0. The van der Waals surface area contributed by atoms with Gasteiger partial charge in [-0.15, -0.1) is 0 Å². The molecular formula is C11H16N2O2. The molecule has 1 amide bonds. The Morgan fingerprint density at radius 1 is 1.47 bits per heavy atom. The van der Waals surface area contributed by atoms with Crippen LogP contribution in [0.15, 0.2) is 24.3 Å². The topological polar surface area (TPSA) is 75.3 Å². The summed E-state index contributed by atoms with van der Waals surface area (Å²) in [6.45, 7) is 3.09. The van der Waals surface area contributed by atoms with Crippen molar-refractivity contribution in [3.8, 4) is 5.75 Å². The van der Waals surface area contributed by atoms with Crippen molar-refractivity contribution in [1.29, 1.82) is 0 Å². The largest absolute Gasteiger partial charge is 0.508 e. The van der Waals surface area contributed by atoms with Gasteiger partial charge in [-0.05, 0) is 36.7 Å². The lowest BCUT2D eigenvalue weighted by atomic mass is 10.1. The summed E-state index contributed by atoms with van der Waals surface area (Å²) in [5, 5.41) is 11.8. The van der Waals surface area contributed by atoms with Gasteiger partial charge in [-0.1, -0.05) is 6.92 Å². The first-order chi connectivity index (χ1) is 7.13. The molecule has 0 fully saturated rings. The van der Waals surface area contributed by atoms with Gasteiger partial charge in [0.2, 0.25) is 0 Å². The van der Waals surface area contributed by atoms with Crippen LogP contribution in [0.3, 0.4) is 0 Å². The Kier molecular flexibility index (Phi) is 4.12. The number of aromatic hydroxyl groups is 1. The number of carbonyl (C=O) groups is 1. The summed E-state index contributed by atoms with van der Waals surface area (Å²) in [5.74, 6) is 0.281. The zero-order valence-electron chi connectivity index (χ0n) is 8.73. The van der Waals surface area contributed by atoms with E-state index in [1.54, 1.807) is 12.1 Å². The Morgan fingerprint density at radius 2 is 2.07 bits per heavy atom. The molecule has 4 heteroatoms. The van der Waals surface area contributed by atoms with Crippen molar-refractivity contribution in [2.45, 2.75) is 6.92 Å². The SMILES string of the molecule is CC(CN)CNC(=O)c1ccc(O)cc1. The predicted octanol–water partition coefficient (Wildman–Crippen LogP) is 0.717. The lowest BCUT2D eigenvalue weighted by molar-refractivity contribution is 0.0948. The van der Waals surface area contributed by atoms with Crippen LogP contribution < -0.4 is 11.1 Å². The Bertz CT molecular complexity index is 322. The highest BCUT2D eigenvalue weighted by molar-refractivity contribution is 5.94. The van der Waals surface area contributed by atoms with E-state index in [0.717, 1.165) is 0 Å². The second-order valence-electron chi connectivity index (χ2n) is 3.60. The molecule has 1 atom stereocenters. The second kappa shape index (κ2) is 5.36. The predicted molar refractivity (Wildman–Crippen MR) is 58.7 cm³/mol. The van der Waals surface area contributed by atoms with Gasteiger partial charge in [0, 0.05) is 12.1 Å². The number of hydrogen-bond donors (Lipinski definition) is 3. The summed E-state index contributed by atoms with van der Waals surface area (Å²) >= 11 is 0. The molecule has 0 bridgehead atoms. The number of phenols is 1. The first-order valence-corrected chi connectivity index (χ1v) is 4.90. The number of rotatable bonds is 4.